The fourth-order valence-electron chi connectivity index (χ4n) is 2.32. The van der Waals surface area contributed by atoms with E-state index in [2.05, 4.69) is 18.7 Å². The second kappa shape index (κ2) is 8.72. The lowest BCUT2D eigenvalue weighted by Crippen LogP contribution is -2.38. The molecular formula is C16H27N3O. The van der Waals surface area contributed by atoms with E-state index in [9.17, 15) is 0 Å². The van der Waals surface area contributed by atoms with Crippen LogP contribution in [-0.4, -0.2) is 44.1 Å². The minimum atomic E-state index is -0.0493. The third kappa shape index (κ3) is 5.72. The van der Waals surface area contributed by atoms with Gasteiger partial charge in [-0.05, 0) is 11.5 Å². The van der Waals surface area contributed by atoms with Gasteiger partial charge in [0.25, 0.3) is 0 Å². The molecule has 1 rings (SSSR count). The van der Waals surface area contributed by atoms with Gasteiger partial charge in [0.1, 0.15) is 0 Å². The molecule has 0 saturated heterocycles. The maximum atomic E-state index is 7.86. The van der Waals surface area contributed by atoms with E-state index in [0.717, 1.165) is 25.2 Å². The SMILES string of the molecule is COCCN(CC(C)C)CC(C(=N)N)c1ccccc1. The van der Waals surface area contributed by atoms with Crippen molar-refractivity contribution in [2.24, 2.45) is 11.7 Å². The van der Waals surface area contributed by atoms with Crippen molar-refractivity contribution in [1.82, 2.24) is 4.90 Å². The molecule has 20 heavy (non-hydrogen) atoms. The van der Waals surface area contributed by atoms with Crippen LogP contribution in [0.25, 0.3) is 0 Å². The highest BCUT2D eigenvalue weighted by atomic mass is 16.5. The quantitative estimate of drug-likeness (QED) is 0.538. The zero-order valence-corrected chi connectivity index (χ0v) is 12.8. The van der Waals surface area contributed by atoms with Gasteiger partial charge in [-0.25, -0.2) is 0 Å². The van der Waals surface area contributed by atoms with Crippen molar-refractivity contribution >= 4 is 5.84 Å². The highest BCUT2D eigenvalue weighted by Crippen LogP contribution is 2.17. The van der Waals surface area contributed by atoms with E-state index in [0.29, 0.717) is 12.5 Å². The van der Waals surface area contributed by atoms with E-state index in [4.69, 9.17) is 15.9 Å². The summed E-state index contributed by atoms with van der Waals surface area (Å²) >= 11 is 0. The number of nitrogens with zero attached hydrogens (tertiary/aromatic N) is 1. The topological polar surface area (TPSA) is 62.3 Å². The Morgan fingerprint density at radius 2 is 1.90 bits per heavy atom. The van der Waals surface area contributed by atoms with Crippen LogP contribution >= 0.6 is 0 Å². The predicted molar refractivity (Wildman–Crippen MR) is 84.3 cm³/mol. The molecule has 0 aliphatic carbocycles. The lowest BCUT2D eigenvalue weighted by atomic mass is 9.97. The van der Waals surface area contributed by atoms with E-state index < -0.39 is 0 Å². The molecule has 0 fully saturated rings. The summed E-state index contributed by atoms with van der Waals surface area (Å²) in [6, 6.07) is 10.0. The Labute approximate surface area is 122 Å². The van der Waals surface area contributed by atoms with Crippen molar-refractivity contribution in [2.75, 3.05) is 33.4 Å². The Hall–Kier alpha value is -1.39. The number of rotatable bonds is 9. The average Bonchev–Trinajstić information content (AvgIpc) is 2.41. The molecule has 0 amide bonds. The lowest BCUT2D eigenvalue weighted by molar-refractivity contribution is 0.139. The summed E-state index contributed by atoms with van der Waals surface area (Å²) in [7, 11) is 1.72. The number of methoxy groups -OCH3 is 1. The molecule has 0 spiro atoms. The van der Waals surface area contributed by atoms with Crippen LogP contribution in [0.1, 0.15) is 25.3 Å². The second-order valence-electron chi connectivity index (χ2n) is 5.56. The number of ether oxygens (including phenoxy) is 1. The molecule has 0 aromatic heterocycles. The van der Waals surface area contributed by atoms with E-state index in [1.807, 2.05) is 30.3 Å². The number of hydrogen-bond donors (Lipinski definition) is 2. The molecule has 0 aliphatic heterocycles. The standard InChI is InChI=1S/C16H27N3O/c1-13(2)11-19(9-10-20-3)12-15(16(17)18)14-7-5-4-6-8-14/h4-8,13,15H,9-12H2,1-3H3,(H3,17,18). The second-order valence-corrected chi connectivity index (χ2v) is 5.56. The van der Waals surface area contributed by atoms with Crippen molar-refractivity contribution < 1.29 is 4.74 Å². The first-order valence-electron chi connectivity index (χ1n) is 7.14. The first kappa shape index (κ1) is 16.7. The van der Waals surface area contributed by atoms with Crippen LogP contribution in [-0.2, 0) is 4.74 Å². The molecular weight excluding hydrogens is 250 g/mol. The predicted octanol–water partition coefficient (Wildman–Crippen LogP) is 2.31. The maximum absolute atomic E-state index is 7.86. The van der Waals surface area contributed by atoms with Crippen molar-refractivity contribution in [2.45, 2.75) is 19.8 Å². The Morgan fingerprint density at radius 1 is 1.25 bits per heavy atom. The Kier molecular flexibility index (Phi) is 7.26. The Balaban J connectivity index is 2.77. The van der Waals surface area contributed by atoms with E-state index in [1.54, 1.807) is 7.11 Å². The van der Waals surface area contributed by atoms with Gasteiger partial charge in [0.2, 0.25) is 0 Å². The molecule has 0 heterocycles. The summed E-state index contributed by atoms with van der Waals surface area (Å²) in [5.74, 6) is 0.754. The van der Waals surface area contributed by atoms with Gasteiger partial charge >= 0.3 is 0 Å². The van der Waals surface area contributed by atoms with Crippen LogP contribution < -0.4 is 5.73 Å². The number of hydrogen-bond acceptors (Lipinski definition) is 3. The number of nitrogens with one attached hydrogen (secondary N) is 1. The van der Waals surface area contributed by atoms with Gasteiger partial charge in [-0.3, -0.25) is 10.3 Å². The van der Waals surface area contributed by atoms with Crippen molar-refractivity contribution in [1.29, 1.82) is 5.41 Å². The Bertz CT molecular complexity index is 392. The highest BCUT2D eigenvalue weighted by Gasteiger charge is 2.19. The molecule has 4 heteroatoms. The third-order valence-corrected chi connectivity index (χ3v) is 3.25. The smallest absolute Gasteiger partial charge is 0.0995 e. The van der Waals surface area contributed by atoms with Crippen LogP contribution in [0.2, 0.25) is 0 Å². The molecule has 4 nitrogen and oxygen atoms in total. The zero-order valence-electron chi connectivity index (χ0n) is 12.8. The summed E-state index contributed by atoms with van der Waals surface area (Å²) in [5, 5.41) is 7.86. The van der Waals surface area contributed by atoms with Crippen LogP contribution in [0.4, 0.5) is 0 Å². The molecule has 0 saturated carbocycles. The van der Waals surface area contributed by atoms with Gasteiger partial charge < -0.3 is 10.5 Å². The third-order valence-electron chi connectivity index (χ3n) is 3.25. The molecule has 1 atom stereocenters. The Morgan fingerprint density at radius 3 is 2.40 bits per heavy atom. The van der Waals surface area contributed by atoms with Crippen LogP contribution in [0, 0.1) is 11.3 Å². The van der Waals surface area contributed by atoms with Crippen LogP contribution in [0.15, 0.2) is 30.3 Å². The van der Waals surface area contributed by atoms with Gasteiger partial charge in [-0.15, -0.1) is 0 Å². The van der Waals surface area contributed by atoms with Gasteiger partial charge in [0.15, 0.2) is 0 Å². The number of nitrogens with two attached hydrogens (primary N) is 1. The lowest BCUT2D eigenvalue weighted by Gasteiger charge is -2.28. The zero-order chi connectivity index (χ0) is 15.0. The molecule has 1 unspecified atom stereocenters. The van der Waals surface area contributed by atoms with E-state index >= 15 is 0 Å². The van der Waals surface area contributed by atoms with Gasteiger partial charge in [0.05, 0.1) is 18.4 Å². The fourth-order valence-corrected chi connectivity index (χ4v) is 2.32. The molecule has 0 radical (unpaired) electrons. The minimum Gasteiger partial charge on any atom is -0.387 e. The van der Waals surface area contributed by atoms with Crippen molar-refractivity contribution in [3.63, 3.8) is 0 Å². The first-order valence-corrected chi connectivity index (χ1v) is 7.14. The maximum Gasteiger partial charge on any atom is 0.0995 e. The average molecular weight is 277 g/mol. The highest BCUT2D eigenvalue weighted by molar-refractivity contribution is 5.84. The summed E-state index contributed by atoms with van der Waals surface area (Å²) in [6.45, 7) is 7.72. The van der Waals surface area contributed by atoms with Gasteiger partial charge in [-0.1, -0.05) is 44.2 Å². The number of benzene rings is 1. The molecule has 0 aliphatic rings. The first-order chi connectivity index (χ1) is 9.54. The minimum absolute atomic E-state index is 0.0493. The number of amidine groups is 1. The summed E-state index contributed by atoms with van der Waals surface area (Å²) in [5.41, 5.74) is 6.90. The molecule has 1 aromatic rings. The van der Waals surface area contributed by atoms with E-state index in [1.165, 1.54) is 0 Å². The van der Waals surface area contributed by atoms with Crippen LogP contribution in [0.3, 0.4) is 0 Å². The molecule has 1 aromatic carbocycles. The molecule has 0 bridgehead atoms. The monoisotopic (exact) mass is 277 g/mol. The summed E-state index contributed by atoms with van der Waals surface area (Å²) in [6.07, 6.45) is 0. The molecule has 112 valence electrons. The van der Waals surface area contributed by atoms with E-state index in [-0.39, 0.29) is 11.8 Å². The van der Waals surface area contributed by atoms with Gasteiger partial charge in [-0.2, -0.15) is 0 Å². The largest absolute Gasteiger partial charge is 0.387 e. The van der Waals surface area contributed by atoms with Gasteiger partial charge in [0, 0.05) is 26.7 Å². The van der Waals surface area contributed by atoms with Crippen molar-refractivity contribution in [3.8, 4) is 0 Å². The van der Waals surface area contributed by atoms with Crippen LogP contribution in [0.5, 0.6) is 0 Å². The summed E-state index contributed by atoms with van der Waals surface area (Å²) in [4.78, 5) is 2.33. The van der Waals surface area contributed by atoms with Crippen molar-refractivity contribution in [3.05, 3.63) is 35.9 Å². The molecule has 3 N–H and O–H groups in total. The summed E-state index contributed by atoms with van der Waals surface area (Å²) < 4.78 is 5.18. The fraction of sp³-hybridized carbons (Fsp3) is 0.562. The normalized spacial score (nSPS) is 12.8.